The van der Waals surface area contributed by atoms with Gasteiger partial charge in [-0.25, -0.2) is 4.98 Å². The molecule has 2 N–H and O–H groups in total. The highest BCUT2D eigenvalue weighted by Gasteiger charge is 2.19. The normalized spacial score (nSPS) is 16.7. The van der Waals surface area contributed by atoms with Crippen LogP contribution in [0.1, 0.15) is 24.2 Å². The van der Waals surface area contributed by atoms with Gasteiger partial charge in [0, 0.05) is 12.6 Å². The Bertz CT molecular complexity index is 739. The Morgan fingerprint density at radius 2 is 1.75 bits per heavy atom. The highest BCUT2D eigenvalue weighted by atomic mass is 15.1. The number of piperidine rings is 1. The third-order valence-electron chi connectivity index (χ3n) is 4.83. The average Bonchev–Trinajstić information content (AvgIpc) is 3.05. The summed E-state index contributed by atoms with van der Waals surface area (Å²) in [4.78, 5) is 10.6. The minimum absolute atomic E-state index is 0.588. The first kappa shape index (κ1) is 15.4. The highest BCUT2D eigenvalue weighted by Crippen LogP contribution is 2.15. The lowest BCUT2D eigenvalue weighted by atomic mass is 10.0. The van der Waals surface area contributed by atoms with Gasteiger partial charge in [0.05, 0.1) is 17.6 Å². The molecule has 0 amide bonds. The van der Waals surface area contributed by atoms with Crippen molar-refractivity contribution in [3.05, 3.63) is 66.0 Å². The van der Waals surface area contributed by atoms with Crippen molar-refractivity contribution in [3.8, 4) is 0 Å². The second-order valence-corrected chi connectivity index (χ2v) is 6.62. The monoisotopic (exact) mass is 320 g/mol. The summed E-state index contributed by atoms with van der Waals surface area (Å²) >= 11 is 0. The maximum atomic E-state index is 4.64. The lowest BCUT2D eigenvalue weighted by molar-refractivity contribution is 0.189. The minimum Gasteiger partial charge on any atom is -0.341 e. The Hall–Kier alpha value is -2.17. The number of imidazole rings is 1. The number of nitrogens with zero attached hydrogens (tertiary/aromatic N) is 2. The first-order chi connectivity index (χ1) is 11.9. The standard InChI is InChI=1S/C20H24N4/c1-2-6-16(7-3-1)15-24-12-10-17(11-13-24)21-14-20-22-18-8-4-5-9-19(18)23-20/h1-9,17,21H,10-15H2,(H,22,23). The van der Waals surface area contributed by atoms with Crippen LogP contribution in [-0.4, -0.2) is 34.0 Å². The molecule has 0 aliphatic carbocycles. The largest absolute Gasteiger partial charge is 0.341 e. The highest BCUT2D eigenvalue weighted by molar-refractivity contribution is 5.74. The van der Waals surface area contributed by atoms with Crippen molar-refractivity contribution in [2.24, 2.45) is 0 Å². The molecule has 0 spiro atoms. The van der Waals surface area contributed by atoms with E-state index in [1.54, 1.807) is 0 Å². The molecular formula is C20H24N4. The van der Waals surface area contributed by atoms with Gasteiger partial charge in [0.2, 0.25) is 0 Å². The van der Waals surface area contributed by atoms with E-state index in [1.165, 1.54) is 18.4 Å². The molecule has 24 heavy (non-hydrogen) atoms. The van der Waals surface area contributed by atoms with Crippen molar-refractivity contribution in [3.63, 3.8) is 0 Å². The fourth-order valence-corrected chi connectivity index (χ4v) is 3.47. The number of H-pyrrole nitrogens is 1. The lowest BCUT2D eigenvalue weighted by Gasteiger charge is -2.32. The second-order valence-electron chi connectivity index (χ2n) is 6.62. The van der Waals surface area contributed by atoms with Gasteiger partial charge >= 0.3 is 0 Å². The molecule has 0 atom stereocenters. The van der Waals surface area contributed by atoms with Gasteiger partial charge in [0.15, 0.2) is 0 Å². The third-order valence-corrected chi connectivity index (χ3v) is 4.83. The lowest BCUT2D eigenvalue weighted by Crippen LogP contribution is -2.42. The number of rotatable bonds is 5. The maximum absolute atomic E-state index is 4.64. The number of fused-ring (bicyclic) bond motifs is 1. The molecule has 3 aromatic rings. The maximum Gasteiger partial charge on any atom is 0.121 e. The fraction of sp³-hybridized carbons (Fsp3) is 0.350. The first-order valence-electron chi connectivity index (χ1n) is 8.80. The predicted molar refractivity (Wildman–Crippen MR) is 97.7 cm³/mol. The summed E-state index contributed by atoms with van der Waals surface area (Å²) in [5.74, 6) is 1.03. The Balaban J connectivity index is 1.26. The molecule has 4 nitrogen and oxygen atoms in total. The summed E-state index contributed by atoms with van der Waals surface area (Å²) in [6.45, 7) is 4.20. The number of likely N-dealkylation sites (tertiary alicyclic amines) is 1. The number of benzene rings is 2. The molecule has 2 aromatic carbocycles. The molecule has 1 aromatic heterocycles. The zero-order chi connectivity index (χ0) is 16.2. The number of nitrogens with one attached hydrogen (secondary N) is 2. The second kappa shape index (κ2) is 7.16. The van der Waals surface area contributed by atoms with Crippen LogP contribution < -0.4 is 5.32 Å². The van der Waals surface area contributed by atoms with Crippen molar-refractivity contribution >= 4 is 11.0 Å². The minimum atomic E-state index is 0.588. The van der Waals surface area contributed by atoms with Crippen LogP contribution in [0, 0.1) is 0 Å². The summed E-state index contributed by atoms with van der Waals surface area (Å²) < 4.78 is 0. The number of hydrogen-bond donors (Lipinski definition) is 2. The molecule has 0 unspecified atom stereocenters. The smallest absolute Gasteiger partial charge is 0.121 e. The van der Waals surface area contributed by atoms with Crippen LogP contribution in [0.25, 0.3) is 11.0 Å². The Morgan fingerprint density at radius 3 is 2.54 bits per heavy atom. The molecule has 4 rings (SSSR count). The molecule has 1 aliphatic rings. The van der Waals surface area contributed by atoms with Gasteiger partial charge in [0.1, 0.15) is 5.82 Å². The van der Waals surface area contributed by atoms with Crippen LogP contribution in [-0.2, 0) is 13.1 Å². The van der Waals surface area contributed by atoms with Crippen LogP contribution in [0.15, 0.2) is 54.6 Å². The van der Waals surface area contributed by atoms with E-state index in [-0.39, 0.29) is 0 Å². The summed E-state index contributed by atoms with van der Waals surface area (Å²) in [6.07, 6.45) is 2.40. The number of aromatic nitrogens is 2. The molecule has 4 heteroatoms. The summed E-state index contributed by atoms with van der Waals surface area (Å²) in [5, 5.41) is 3.66. The van der Waals surface area contributed by atoms with Crippen LogP contribution in [0.5, 0.6) is 0 Å². The van der Waals surface area contributed by atoms with Gasteiger partial charge in [-0.15, -0.1) is 0 Å². The van der Waals surface area contributed by atoms with Crippen LogP contribution >= 0.6 is 0 Å². The Morgan fingerprint density at radius 1 is 1.00 bits per heavy atom. The Labute approximate surface area is 142 Å². The molecular weight excluding hydrogens is 296 g/mol. The van der Waals surface area contributed by atoms with Gasteiger partial charge in [-0.3, -0.25) is 4.90 Å². The summed E-state index contributed by atoms with van der Waals surface area (Å²) in [5.41, 5.74) is 3.57. The van der Waals surface area contributed by atoms with E-state index in [0.717, 1.165) is 43.0 Å². The molecule has 1 saturated heterocycles. The predicted octanol–water partition coefficient (Wildman–Crippen LogP) is 3.32. The molecule has 0 saturated carbocycles. The summed E-state index contributed by atoms with van der Waals surface area (Å²) in [7, 11) is 0. The van der Waals surface area contributed by atoms with Crippen molar-refractivity contribution in [1.29, 1.82) is 0 Å². The van der Waals surface area contributed by atoms with Crippen molar-refractivity contribution in [1.82, 2.24) is 20.2 Å². The van der Waals surface area contributed by atoms with Crippen LogP contribution in [0.2, 0.25) is 0 Å². The quantitative estimate of drug-likeness (QED) is 0.758. The third kappa shape index (κ3) is 3.66. The molecule has 2 heterocycles. The zero-order valence-corrected chi connectivity index (χ0v) is 13.9. The zero-order valence-electron chi connectivity index (χ0n) is 13.9. The van der Waals surface area contributed by atoms with Crippen molar-refractivity contribution < 1.29 is 0 Å². The van der Waals surface area contributed by atoms with Crippen molar-refractivity contribution in [2.45, 2.75) is 32.0 Å². The van der Waals surface area contributed by atoms with E-state index in [9.17, 15) is 0 Å². The topological polar surface area (TPSA) is 44.0 Å². The van der Waals surface area contributed by atoms with Gasteiger partial charge < -0.3 is 10.3 Å². The van der Waals surface area contributed by atoms with E-state index >= 15 is 0 Å². The van der Waals surface area contributed by atoms with Crippen LogP contribution in [0.4, 0.5) is 0 Å². The molecule has 0 radical (unpaired) electrons. The van der Waals surface area contributed by atoms with Gasteiger partial charge in [-0.1, -0.05) is 42.5 Å². The first-order valence-corrected chi connectivity index (χ1v) is 8.80. The van der Waals surface area contributed by atoms with Gasteiger partial charge in [-0.2, -0.15) is 0 Å². The molecule has 1 aliphatic heterocycles. The number of hydrogen-bond acceptors (Lipinski definition) is 3. The van der Waals surface area contributed by atoms with E-state index in [0.29, 0.717) is 6.04 Å². The van der Waals surface area contributed by atoms with E-state index < -0.39 is 0 Å². The van der Waals surface area contributed by atoms with Gasteiger partial charge in [0.25, 0.3) is 0 Å². The van der Waals surface area contributed by atoms with E-state index in [4.69, 9.17) is 0 Å². The average molecular weight is 320 g/mol. The van der Waals surface area contributed by atoms with Crippen molar-refractivity contribution in [2.75, 3.05) is 13.1 Å². The fourth-order valence-electron chi connectivity index (χ4n) is 3.47. The number of aromatic amines is 1. The number of para-hydroxylation sites is 2. The molecule has 1 fully saturated rings. The molecule has 124 valence electrons. The van der Waals surface area contributed by atoms with E-state index in [2.05, 4.69) is 62.6 Å². The summed E-state index contributed by atoms with van der Waals surface area (Å²) in [6, 6.07) is 19.5. The SMILES string of the molecule is c1ccc(CN2CCC(NCc3nc4ccccc4[nH]3)CC2)cc1. The van der Waals surface area contributed by atoms with Gasteiger partial charge in [-0.05, 0) is 43.6 Å². The molecule has 0 bridgehead atoms. The van der Waals surface area contributed by atoms with E-state index in [1.807, 2.05) is 12.1 Å². The van der Waals surface area contributed by atoms with Crippen LogP contribution in [0.3, 0.4) is 0 Å². The Kier molecular flexibility index (Phi) is 4.58.